The van der Waals surface area contributed by atoms with E-state index in [4.69, 9.17) is 0 Å². The number of H-pyrrole nitrogens is 1. The number of nitrogens with one attached hydrogen (secondary N) is 2. The van der Waals surface area contributed by atoms with Crippen molar-refractivity contribution >= 4 is 34.5 Å². The van der Waals surface area contributed by atoms with Crippen LogP contribution in [0.15, 0.2) is 30.5 Å². The molecule has 104 valence electrons. The van der Waals surface area contributed by atoms with Crippen molar-refractivity contribution in [3.05, 3.63) is 36.0 Å². The number of carboxylic acid groups (broad SMARTS) is 1. The topological polar surface area (TPSA) is 82.2 Å². The third-order valence-electron chi connectivity index (χ3n) is 3.60. The molecule has 0 radical (unpaired) electrons. The molecule has 1 atom stereocenters. The van der Waals surface area contributed by atoms with Crippen LogP contribution < -0.4 is 5.32 Å². The molecule has 2 heterocycles. The van der Waals surface area contributed by atoms with E-state index >= 15 is 0 Å². The molecule has 2 aromatic rings. The average molecular weight is 290 g/mol. The van der Waals surface area contributed by atoms with Crippen LogP contribution in [0.2, 0.25) is 0 Å². The SMILES string of the molecule is O=C(N[C@@]1(C(=O)O)CCSC1)c1ccc2[nH]ccc2c1. The minimum Gasteiger partial charge on any atom is -0.479 e. The number of aliphatic carboxylic acids is 1. The number of amides is 1. The highest BCUT2D eigenvalue weighted by molar-refractivity contribution is 7.99. The summed E-state index contributed by atoms with van der Waals surface area (Å²) >= 11 is 1.55. The molecule has 3 rings (SSSR count). The van der Waals surface area contributed by atoms with E-state index in [0.29, 0.717) is 17.7 Å². The average Bonchev–Trinajstić information content (AvgIpc) is 3.06. The van der Waals surface area contributed by atoms with Gasteiger partial charge in [0, 0.05) is 28.4 Å². The number of aromatic nitrogens is 1. The third-order valence-corrected chi connectivity index (χ3v) is 4.79. The molecule has 0 spiro atoms. The van der Waals surface area contributed by atoms with Crippen molar-refractivity contribution in [1.29, 1.82) is 0 Å². The van der Waals surface area contributed by atoms with E-state index in [2.05, 4.69) is 10.3 Å². The number of carbonyl (C=O) groups is 2. The fourth-order valence-corrected chi connectivity index (χ4v) is 3.70. The minimum absolute atomic E-state index is 0.335. The summed E-state index contributed by atoms with van der Waals surface area (Å²) in [5.74, 6) is -0.124. The summed E-state index contributed by atoms with van der Waals surface area (Å²) in [4.78, 5) is 26.8. The molecule has 1 aromatic heterocycles. The third kappa shape index (κ3) is 2.16. The summed E-state index contributed by atoms with van der Waals surface area (Å²) in [5, 5.41) is 13.0. The van der Waals surface area contributed by atoms with Gasteiger partial charge in [-0.15, -0.1) is 0 Å². The first-order chi connectivity index (χ1) is 9.61. The van der Waals surface area contributed by atoms with Gasteiger partial charge in [0.05, 0.1) is 0 Å². The molecule has 6 heteroatoms. The Morgan fingerprint density at radius 2 is 2.20 bits per heavy atom. The summed E-state index contributed by atoms with van der Waals surface area (Å²) in [6.07, 6.45) is 2.27. The fourth-order valence-electron chi connectivity index (χ4n) is 2.37. The van der Waals surface area contributed by atoms with Gasteiger partial charge in [0.2, 0.25) is 0 Å². The van der Waals surface area contributed by atoms with Gasteiger partial charge in [0.1, 0.15) is 5.54 Å². The van der Waals surface area contributed by atoms with Gasteiger partial charge < -0.3 is 15.4 Å². The molecule has 0 saturated carbocycles. The van der Waals surface area contributed by atoms with Gasteiger partial charge in [-0.1, -0.05) is 0 Å². The summed E-state index contributed by atoms with van der Waals surface area (Å²) in [6.45, 7) is 0. The number of carboxylic acids is 1. The molecule has 1 amide bonds. The van der Waals surface area contributed by atoms with E-state index in [9.17, 15) is 14.7 Å². The number of thioether (sulfide) groups is 1. The van der Waals surface area contributed by atoms with Gasteiger partial charge in [0.15, 0.2) is 0 Å². The molecule has 1 saturated heterocycles. The van der Waals surface area contributed by atoms with Crippen LogP contribution in [-0.4, -0.2) is 39.0 Å². The highest BCUT2D eigenvalue weighted by atomic mass is 32.2. The first-order valence-corrected chi connectivity index (χ1v) is 7.47. The lowest BCUT2D eigenvalue weighted by Gasteiger charge is -2.24. The highest BCUT2D eigenvalue weighted by Gasteiger charge is 2.43. The second kappa shape index (κ2) is 4.86. The predicted octanol–water partition coefficient (Wildman–Crippen LogP) is 1.86. The van der Waals surface area contributed by atoms with E-state index in [1.54, 1.807) is 30.1 Å². The van der Waals surface area contributed by atoms with Gasteiger partial charge in [-0.2, -0.15) is 11.8 Å². The molecule has 20 heavy (non-hydrogen) atoms. The van der Waals surface area contributed by atoms with Crippen molar-refractivity contribution in [1.82, 2.24) is 10.3 Å². The Balaban J connectivity index is 1.86. The normalized spacial score (nSPS) is 22.0. The zero-order chi connectivity index (χ0) is 14.2. The van der Waals surface area contributed by atoms with Crippen LogP contribution in [0, 0.1) is 0 Å². The molecular formula is C14H14N2O3S. The molecule has 0 unspecified atom stereocenters. The van der Waals surface area contributed by atoms with Crippen molar-refractivity contribution in [2.75, 3.05) is 11.5 Å². The van der Waals surface area contributed by atoms with E-state index in [1.807, 2.05) is 12.1 Å². The van der Waals surface area contributed by atoms with Gasteiger partial charge in [-0.25, -0.2) is 4.79 Å². The van der Waals surface area contributed by atoms with E-state index in [1.165, 1.54) is 0 Å². The summed E-state index contributed by atoms with van der Waals surface area (Å²) in [7, 11) is 0. The number of carbonyl (C=O) groups excluding carboxylic acids is 1. The van der Waals surface area contributed by atoms with Crippen LogP contribution >= 0.6 is 11.8 Å². The van der Waals surface area contributed by atoms with Crippen LogP contribution in [0.25, 0.3) is 10.9 Å². The lowest BCUT2D eigenvalue weighted by Crippen LogP contribution is -2.54. The first-order valence-electron chi connectivity index (χ1n) is 6.32. The summed E-state index contributed by atoms with van der Waals surface area (Å²) < 4.78 is 0. The number of fused-ring (bicyclic) bond motifs is 1. The van der Waals surface area contributed by atoms with Crippen LogP contribution in [0.3, 0.4) is 0 Å². The van der Waals surface area contributed by atoms with Gasteiger partial charge in [0.25, 0.3) is 5.91 Å². The molecule has 1 fully saturated rings. The minimum atomic E-state index is -1.13. The van der Waals surface area contributed by atoms with E-state index in [-0.39, 0.29) is 5.91 Å². The molecule has 0 aliphatic carbocycles. The Morgan fingerprint density at radius 3 is 2.90 bits per heavy atom. The van der Waals surface area contributed by atoms with Crippen molar-refractivity contribution in [3.8, 4) is 0 Å². The highest BCUT2D eigenvalue weighted by Crippen LogP contribution is 2.28. The van der Waals surface area contributed by atoms with Gasteiger partial charge >= 0.3 is 5.97 Å². The number of rotatable bonds is 3. The number of hydrogen-bond acceptors (Lipinski definition) is 3. The van der Waals surface area contributed by atoms with Crippen molar-refractivity contribution in [3.63, 3.8) is 0 Å². The standard InChI is InChI=1S/C14H14N2O3S/c17-12(16-14(13(18)19)4-6-20-8-14)10-1-2-11-9(7-10)3-5-15-11/h1-3,5,7,15H,4,6,8H2,(H,16,17)(H,18,19)/t14-/m0/s1. The smallest absolute Gasteiger partial charge is 0.330 e. The van der Waals surface area contributed by atoms with Crippen LogP contribution in [0.5, 0.6) is 0 Å². The molecule has 5 nitrogen and oxygen atoms in total. The summed E-state index contributed by atoms with van der Waals surface area (Å²) in [6, 6.07) is 7.16. The molecular weight excluding hydrogens is 276 g/mol. The fraction of sp³-hybridized carbons (Fsp3) is 0.286. The molecule has 3 N–H and O–H groups in total. The van der Waals surface area contributed by atoms with Crippen molar-refractivity contribution in [2.45, 2.75) is 12.0 Å². The maximum absolute atomic E-state index is 12.3. The second-order valence-corrected chi connectivity index (χ2v) is 6.03. The first kappa shape index (κ1) is 13.1. The second-order valence-electron chi connectivity index (χ2n) is 4.92. The lowest BCUT2D eigenvalue weighted by atomic mass is 9.98. The van der Waals surface area contributed by atoms with Crippen molar-refractivity contribution < 1.29 is 14.7 Å². The maximum Gasteiger partial charge on any atom is 0.330 e. The van der Waals surface area contributed by atoms with Crippen LogP contribution in [0.1, 0.15) is 16.8 Å². The predicted molar refractivity (Wildman–Crippen MR) is 78.1 cm³/mol. The Labute approximate surface area is 119 Å². The Morgan fingerprint density at radius 1 is 1.35 bits per heavy atom. The van der Waals surface area contributed by atoms with E-state index in [0.717, 1.165) is 16.7 Å². The quantitative estimate of drug-likeness (QED) is 0.806. The number of hydrogen-bond donors (Lipinski definition) is 3. The Bertz CT molecular complexity index is 674. The number of aromatic amines is 1. The van der Waals surface area contributed by atoms with Crippen LogP contribution in [-0.2, 0) is 4.79 Å². The maximum atomic E-state index is 12.3. The number of benzene rings is 1. The van der Waals surface area contributed by atoms with E-state index < -0.39 is 11.5 Å². The molecule has 1 aliphatic rings. The zero-order valence-corrected chi connectivity index (χ0v) is 11.5. The monoisotopic (exact) mass is 290 g/mol. The molecule has 1 aromatic carbocycles. The largest absolute Gasteiger partial charge is 0.479 e. The Hall–Kier alpha value is -1.95. The molecule has 0 bridgehead atoms. The van der Waals surface area contributed by atoms with Gasteiger partial charge in [-0.3, -0.25) is 4.79 Å². The molecule has 1 aliphatic heterocycles. The Kier molecular flexibility index (Phi) is 3.17. The zero-order valence-electron chi connectivity index (χ0n) is 10.7. The van der Waals surface area contributed by atoms with Crippen LogP contribution in [0.4, 0.5) is 0 Å². The summed E-state index contributed by atoms with van der Waals surface area (Å²) in [5.41, 5.74) is 0.301. The van der Waals surface area contributed by atoms with Crippen molar-refractivity contribution in [2.24, 2.45) is 0 Å². The lowest BCUT2D eigenvalue weighted by molar-refractivity contribution is -0.143. The van der Waals surface area contributed by atoms with Gasteiger partial charge in [-0.05, 0) is 36.4 Å².